The standard InChI is InChI=1S/C35H30FN3O9S/c1-18(40)45-14-20-17-49-34-31(33(42)39(34)32(20)35(43)48-13-19-3-6-22(44-2)7-4-19)38-29(41)16-46-23-8-9-24-28(12-23)47-15-26-25-11-21(36)5-10-27(25)37-30(24)26/h3-12,31,34,37H,13-17H2,1-2H3,(H,38,41). The molecule has 1 aromatic heterocycles. The van der Waals surface area contributed by atoms with Crippen molar-refractivity contribution in [3.05, 3.63) is 88.9 Å². The maximum absolute atomic E-state index is 13.8. The second-order valence-electron chi connectivity index (χ2n) is 11.5. The van der Waals surface area contributed by atoms with Crippen LogP contribution in [0.1, 0.15) is 18.1 Å². The number of esters is 2. The van der Waals surface area contributed by atoms with Crippen LogP contribution in [0.4, 0.5) is 4.39 Å². The van der Waals surface area contributed by atoms with Gasteiger partial charge in [-0.15, -0.1) is 11.8 Å². The molecule has 3 aliphatic heterocycles. The lowest BCUT2D eigenvalue weighted by Gasteiger charge is -2.49. The Labute approximate surface area is 283 Å². The van der Waals surface area contributed by atoms with Crippen LogP contribution in [-0.2, 0) is 41.9 Å². The van der Waals surface area contributed by atoms with Gasteiger partial charge in [-0.05, 0) is 48.0 Å². The molecule has 2 amide bonds. The maximum atomic E-state index is 13.8. The van der Waals surface area contributed by atoms with Gasteiger partial charge in [0.05, 0.1) is 12.8 Å². The molecule has 4 aromatic rings. The van der Waals surface area contributed by atoms with E-state index in [1.54, 1.807) is 55.6 Å². The molecule has 3 aliphatic rings. The van der Waals surface area contributed by atoms with Gasteiger partial charge >= 0.3 is 11.9 Å². The molecule has 2 atom stereocenters. The SMILES string of the molecule is COc1ccc(COC(=O)C2=C(COC(C)=O)CSC3C(NC(=O)COc4ccc5c(c4)OCc4c-5[nH]c5ccc(F)cc45)C(=O)N23)cc1. The van der Waals surface area contributed by atoms with Gasteiger partial charge in [0.2, 0.25) is 0 Å². The van der Waals surface area contributed by atoms with Crippen molar-refractivity contribution in [3.63, 3.8) is 0 Å². The third-order valence-electron chi connectivity index (χ3n) is 8.37. The summed E-state index contributed by atoms with van der Waals surface area (Å²) in [5.74, 6) is -0.782. The number of halogens is 1. The lowest BCUT2D eigenvalue weighted by atomic mass is 10.0. The average molecular weight is 688 g/mol. The molecule has 14 heteroatoms. The van der Waals surface area contributed by atoms with E-state index in [2.05, 4.69) is 10.3 Å². The summed E-state index contributed by atoms with van der Waals surface area (Å²) >= 11 is 1.33. The van der Waals surface area contributed by atoms with Crippen LogP contribution in [0.3, 0.4) is 0 Å². The van der Waals surface area contributed by atoms with E-state index < -0.39 is 35.2 Å². The number of H-pyrrole nitrogens is 1. The van der Waals surface area contributed by atoms with Crippen molar-refractivity contribution in [2.45, 2.75) is 31.6 Å². The van der Waals surface area contributed by atoms with Crippen LogP contribution in [0, 0.1) is 5.82 Å². The molecule has 3 aromatic carbocycles. The Bertz CT molecular complexity index is 2030. The van der Waals surface area contributed by atoms with Gasteiger partial charge in [-0.1, -0.05) is 12.1 Å². The zero-order valence-corrected chi connectivity index (χ0v) is 27.2. The molecule has 49 heavy (non-hydrogen) atoms. The Kier molecular flexibility index (Phi) is 8.63. The Morgan fingerprint density at radius 1 is 1.04 bits per heavy atom. The number of ether oxygens (including phenoxy) is 5. The second-order valence-corrected chi connectivity index (χ2v) is 12.6. The van der Waals surface area contributed by atoms with Crippen molar-refractivity contribution in [2.24, 2.45) is 0 Å². The molecule has 7 rings (SSSR count). The smallest absolute Gasteiger partial charge is 0.355 e. The Hall–Kier alpha value is -5.50. The fourth-order valence-corrected chi connectivity index (χ4v) is 7.27. The molecule has 0 bridgehead atoms. The van der Waals surface area contributed by atoms with E-state index in [0.717, 1.165) is 27.7 Å². The largest absolute Gasteiger partial charge is 0.497 e. The first kappa shape index (κ1) is 32.1. The molecule has 252 valence electrons. The minimum absolute atomic E-state index is 0.00238. The Morgan fingerprint density at radius 3 is 2.61 bits per heavy atom. The van der Waals surface area contributed by atoms with Gasteiger partial charge in [0.15, 0.2) is 6.61 Å². The van der Waals surface area contributed by atoms with E-state index in [0.29, 0.717) is 28.4 Å². The van der Waals surface area contributed by atoms with Crippen molar-refractivity contribution in [2.75, 3.05) is 26.1 Å². The number of thioether (sulfide) groups is 1. The van der Waals surface area contributed by atoms with Crippen molar-refractivity contribution in [1.29, 1.82) is 0 Å². The van der Waals surface area contributed by atoms with Gasteiger partial charge < -0.3 is 34.0 Å². The monoisotopic (exact) mass is 687 g/mol. The molecular weight excluding hydrogens is 657 g/mol. The van der Waals surface area contributed by atoms with Crippen molar-refractivity contribution >= 4 is 46.4 Å². The van der Waals surface area contributed by atoms with E-state index in [4.69, 9.17) is 23.7 Å². The van der Waals surface area contributed by atoms with E-state index in [1.807, 2.05) is 0 Å². The number of nitrogens with zero attached hydrogens (tertiary/aromatic N) is 1. The zero-order chi connectivity index (χ0) is 34.2. The average Bonchev–Trinajstić information content (AvgIpc) is 3.48. The number of fused-ring (bicyclic) bond motifs is 6. The lowest BCUT2D eigenvalue weighted by molar-refractivity contribution is -0.154. The number of hydrogen-bond acceptors (Lipinski definition) is 10. The number of aromatic nitrogens is 1. The van der Waals surface area contributed by atoms with Gasteiger partial charge in [0.25, 0.3) is 11.8 Å². The summed E-state index contributed by atoms with van der Waals surface area (Å²) in [6.07, 6.45) is 0. The molecule has 0 radical (unpaired) electrons. The molecule has 4 heterocycles. The van der Waals surface area contributed by atoms with Gasteiger partial charge in [0.1, 0.15) is 60.0 Å². The number of methoxy groups -OCH3 is 1. The number of aromatic amines is 1. The fraction of sp³-hybridized carbons (Fsp3) is 0.257. The summed E-state index contributed by atoms with van der Waals surface area (Å²) in [6.45, 7) is 0.885. The highest BCUT2D eigenvalue weighted by Crippen LogP contribution is 2.43. The quantitative estimate of drug-likeness (QED) is 0.184. The number of carbonyl (C=O) groups excluding carboxylic acids is 4. The minimum Gasteiger partial charge on any atom is -0.497 e. The van der Waals surface area contributed by atoms with Crippen molar-refractivity contribution < 1.29 is 47.3 Å². The number of hydrogen-bond donors (Lipinski definition) is 2. The summed E-state index contributed by atoms with van der Waals surface area (Å²) in [5, 5.41) is 2.89. The summed E-state index contributed by atoms with van der Waals surface area (Å²) < 4.78 is 41.4. The van der Waals surface area contributed by atoms with Crippen LogP contribution < -0.4 is 19.5 Å². The summed E-state index contributed by atoms with van der Waals surface area (Å²) in [5.41, 5.74) is 4.41. The van der Waals surface area contributed by atoms with E-state index in [1.165, 1.54) is 35.7 Å². The molecule has 1 saturated heterocycles. The van der Waals surface area contributed by atoms with Crippen LogP contribution in [0.2, 0.25) is 0 Å². The number of carbonyl (C=O) groups is 4. The maximum Gasteiger partial charge on any atom is 0.355 e. The third kappa shape index (κ3) is 6.26. The van der Waals surface area contributed by atoms with Crippen molar-refractivity contribution in [1.82, 2.24) is 15.2 Å². The molecule has 2 N–H and O–H groups in total. The molecule has 12 nitrogen and oxygen atoms in total. The molecule has 0 saturated carbocycles. The predicted octanol–water partition coefficient (Wildman–Crippen LogP) is 4.21. The fourth-order valence-electron chi connectivity index (χ4n) is 5.94. The first-order chi connectivity index (χ1) is 23.7. The normalized spacial score (nSPS) is 17.6. The van der Waals surface area contributed by atoms with Crippen molar-refractivity contribution in [3.8, 4) is 28.5 Å². The van der Waals surface area contributed by atoms with Crippen LogP contribution in [0.5, 0.6) is 17.2 Å². The lowest BCUT2D eigenvalue weighted by Crippen LogP contribution is -2.71. The molecule has 1 fully saturated rings. The number of rotatable bonds is 10. The number of β-lactam (4-membered cyclic amide) rings is 1. The highest BCUT2D eigenvalue weighted by Gasteiger charge is 2.54. The van der Waals surface area contributed by atoms with Gasteiger partial charge in [0, 0.05) is 46.3 Å². The number of benzene rings is 3. The molecule has 0 spiro atoms. The van der Waals surface area contributed by atoms with Crippen LogP contribution in [0.25, 0.3) is 22.2 Å². The van der Waals surface area contributed by atoms with Crippen LogP contribution >= 0.6 is 11.8 Å². The zero-order valence-electron chi connectivity index (χ0n) is 26.4. The Morgan fingerprint density at radius 2 is 1.84 bits per heavy atom. The summed E-state index contributed by atoms with van der Waals surface area (Å²) in [7, 11) is 1.55. The first-order valence-electron chi connectivity index (χ1n) is 15.3. The highest BCUT2D eigenvalue weighted by molar-refractivity contribution is 8.00. The van der Waals surface area contributed by atoms with E-state index >= 15 is 0 Å². The predicted molar refractivity (Wildman–Crippen MR) is 175 cm³/mol. The number of amides is 2. The second kappa shape index (κ2) is 13.2. The van der Waals surface area contributed by atoms with Gasteiger partial charge in [-0.3, -0.25) is 19.3 Å². The molecule has 2 unspecified atom stereocenters. The Balaban J connectivity index is 0.988. The van der Waals surface area contributed by atoms with Gasteiger partial charge in [-0.25, -0.2) is 9.18 Å². The third-order valence-corrected chi connectivity index (χ3v) is 9.71. The van der Waals surface area contributed by atoms with Crippen LogP contribution in [-0.4, -0.2) is 71.1 Å². The molecule has 0 aliphatic carbocycles. The number of nitrogens with one attached hydrogen (secondary N) is 2. The van der Waals surface area contributed by atoms with Gasteiger partial charge in [-0.2, -0.15) is 0 Å². The highest BCUT2D eigenvalue weighted by atomic mass is 32.2. The van der Waals surface area contributed by atoms with Crippen LogP contribution in [0.15, 0.2) is 71.9 Å². The summed E-state index contributed by atoms with van der Waals surface area (Å²) in [4.78, 5) is 55.7. The minimum atomic E-state index is -0.905. The first-order valence-corrected chi connectivity index (χ1v) is 16.3. The van der Waals surface area contributed by atoms with E-state index in [-0.39, 0.29) is 43.7 Å². The van der Waals surface area contributed by atoms with E-state index in [9.17, 15) is 23.6 Å². The molecular formula is C35H30FN3O9S. The topological polar surface area (TPSA) is 145 Å². The summed E-state index contributed by atoms with van der Waals surface area (Å²) in [6, 6.07) is 15.8.